The van der Waals surface area contributed by atoms with E-state index in [9.17, 15) is 18.0 Å². The molecule has 6 heteroatoms. The Labute approximate surface area is 106 Å². The van der Waals surface area contributed by atoms with Crippen LogP contribution in [0.15, 0.2) is 0 Å². The van der Waals surface area contributed by atoms with Gasteiger partial charge in [0.1, 0.15) is 0 Å². The summed E-state index contributed by atoms with van der Waals surface area (Å²) in [6.07, 6.45) is -0.115. The minimum absolute atomic E-state index is 0.175. The summed E-state index contributed by atoms with van der Waals surface area (Å²) in [7, 11) is 1.68. The first-order chi connectivity index (χ1) is 8.29. The average Bonchev–Trinajstić information content (AvgIpc) is 2.26. The maximum atomic E-state index is 11.9. The molecule has 0 spiro atoms. The number of amides is 1. The van der Waals surface area contributed by atoms with Crippen LogP contribution in [0.2, 0.25) is 0 Å². The largest absolute Gasteiger partial charge is 0.401 e. The quantitative estimate of drug-likeness (QED) is 0.846. The van der Waals surface area contributed by atoms with Crippen molar-refractivity contribution in [1.29, 1.82) is 0 Å². The van der Waals surface area contributed by atoms with Gasteiger partial charge >= 0.3 is 6.18 Å². The molecule has 0 aromatic heterocycles. The summed E-state index contributed by atoms with van der Waals surface area (Å²) >= 11 is 0. The molecule has 0 radical (unpaired) electrons. The fourth-order valence-corrected chi connectivity index (χ4v) is 2.39. The van der Waals surface area contributed by atoms with Gasteiger partial charge in [-0.25, -0.2) is 0 Å². The van der Waals surface area contributed by atoms with E-state index >= 15 is 0 Å². The Kier molecular flexibility index (Phi) is 5.44. The first-order valence-electron chi connectivity index (χ1n) is 6.32. The molecule has 1 aliphatic carbocycles. The molecule has 2 atom stereocenters. The molecule has 0 heterocycles. The Morgan fingerprint density at radius 1 is 1.39 bits per heavy atom. The number of likely N-dealkylation sites (N-methyl/N-ethyl adjacent to an activating group) is 1. The standard InChI is InChI=1S/C12H21F3N2O/c1-9-4-3-5-10(6-9)17(2)11(18)7-16-8-12(13,14)15/h9-10,16H,3-8H2,1-2H3. The summed E-state index contributed by atoms with van der Waals surface area (Å²) in [5, 5.41) is 2.14. The third kappa shape index (κ3) is 5.25. The van der Waals surface area contributed by atoms with Crippen LogP contribution in [0.4, 0.5) is 13.2 Å². The van der Waals surface area contributed by atoms with Crippen LogP contribution in [0.25, 0.3) is 0 Å². The SMILES string of the molecule is CC1CCCC(N(C)C(=O)CNCC(F)(F)F)C1. The molecule has 1 aliphatic rings. The van der Waals surface area contributed by atoms with Gasteiger partial charge in [-0.05, 0) is 18.8 Å². The van der Waals surface area contributed by atoms with Crippen molar-refractivity contribution in [1.82, 2.24) is 10.2 Å². The van der Waals surface area contributed by atoms with Gasteiger partial charge in [-0.1, -0.05) is 19.8 Å². The highest BCUT2D eigenvalue weighted by Crippen LogP contribution is 2.26. The van der Waals surface area contributed by atoms with Crippen molar-refractivity contribution in [2.75, 3.05) is 20.1 Å². The van der Waals surface area contributed by atoms with E-state index in [1.807, 2.05) is 0 Å². The van der Waals surface area contributed by atoms with Crippen LogP contribution in [0.5, 0.6) is 0 Å². The number of hydrogen-bond acceptors (Lipinski definition) is 2. The topological polar surface area (TPSA) is 32.3 Å². The lowest BCUT2D eigenvalue weighted by atomic mass is 9.86. The number of nitrogens with one attached hydrogen (secondary N) is 1. The molecule has 18 heavy (non-hydrogen) atoms. The van der Waals surface area contributed by atoms with E-state index in [1.165, 1.54) is 6.42 Å². The monoisotopic (exact) mass is 266 g/mol. The van der Waals surface area contributed by atoms with E-state index < -0.39 is 12.7 Å². The number of nitrogens with zero attached hydrogens (tertiary/aromatic N) is 1. The number of halogens is 3. The fourth-order valence-electron chi connectivity index (χ4n) is 2.39. The summed E-state index contributed by atoms with van der Waals surface area (Å²) in [6, 6.07) is 0.175. The van der Waals surface area contributed by atoms with E-state index in [-0.39, 0.29) is 18.5 Å². The van der Waals surface area contributed by atoms with Crippen LogP contribution in [-0.2, 0) is 4.79 Å². The third-order valence-electron chi connectivity index (χ3n) is 3.45. The molecule has 3 nitrogen and oxygen atoms in total. The lowest BCUT2D eigenvalue weighted by molar-refractivity contribution is -0.135. The average molecular weight is 266 g/mol. The van der Waals surface area contributed by atoms with Gasteiger partial charge < -0.3 is 10.2 Å². The van der Waals surface area contributed by atoms with Crippen molar-refractivity contribution in [3.63, 3.8) is 0 Å². The van der Waals surface area contributed by atoms with E-state index in [2.05, 4.69) is 12.2 Å². The van der Waals surface area contributed by atoms with Gasteiger partial charge in [0.15, 0.2) is 0 Å². The molecule has 106 valence electrons. The van der Waals surface area contributed by atoms with E-state index in [1.54, 1.807) is 11.9 Å². The Bertz CT molecular complexity index is 281. The molecule has 1 N–H and O–H groups in total. The van der Waals surface area contributed by atoms with Crippen molar-refractivity contribution >= 4 is 5.91 Å². The second kappa shape index (κ2) is 6.41. The van der Waals surface area contributed by atoms with Crippen molar-refractivity contribution in [2.24, 2.45) is 5.92 Å². The van der Waals surface area contributed by atoms with Crippen LogP contribution >= 0.6 is 0 Å². The second-order valence-electron chi connectivity index (χ2n) is 5.15. The van der Waals surface area contributed by atoms with Crippen molar-refractivity contribution in [3.05, 3.63) is 0 Å². The highest BCUT2D eigenvalue weighted by atomic mass is 19.4. The molecule has 1 saturated carbocycles. The first-order valence-corrected chi connectivity index (χ1v) is 6.32. The summed E-state index contributed by atoms with van der Waals surface area (Å²) in [5.41, 5.74) is 0. The number of alkyl halides is 3. The Morgan fingerprint density at radius 2 is 2.06 bits per heavy atom. The minimum Gasteiger partial charge on any atom is -0.342 e. The molecule has 0 bridgehead atoms. The minimum atomic E-state index is -4.27. The summed E-state index contributed by atoms with van der Waals surface area (Å²) in [5.74, 6) is 0.320. The highest BCUT2D eigenvalue weighted by Gasteiger charge is 2.28. The third-order valence-corrected chi connectivity index (χ3v) is 3.45. The smallest absolute Gasteiger partial charge is 0.342 e. The van der Waals surface area contributed by atoms with Gasteiger partial charge in [0.25, 0.3) is 0 Å². The molecule has 0 aliphatic heterocycles. The van der Waals surface area contributed by atoms with Crippen LogP contribution in [-0.4, -0.2) is 43.2 Å². The molecule has 0 aromatic rings. The predicted molar refractivity (Wildman–Crippen MR) is 63.1 cm³/mol. The fraction of sp³-hybridized carbons (Fsp3) is 0.917. The Balaban J connectivity index is 2.32. The molecule has 1 rings (SSSR count). The van der Waals surface area contributed by atoms with Gasteiger partial charge in [-0.2, -0.15) is 13.2 Å². The normalized spacial score (nSPS) is 24.9. The van der Waals surface area contributed by atoms with E-state index in [0.29, 0.717) is 5.92 Å². The zero-order valence-electron chi connectivity index (χ0n) is 10.9. The van der Waals surface area contributed by atoms with Crippen LogP contribution in [0.3, 0.4) is 0 Å². The Hall–Kier alpha value is -0.780. The summed E-state index contributed by atoms with van der Waals surface area (Å²) < 4.78 is 35.8. The molecule has 2 unspecified atom stereocenters. The van der Waals surface area contributed by atoms with E-state index in [0.717, 1.165) is 19.3 Å². The number of carbonyl (C=O) groups is 1. The van der Waals surface area contributed by atoms with Crippen molar-refractivity contribution in [2.45, 2.75) is 44.8 Å². The number of carbonyl (C=O) groups excluding carboxylic acids is 1. The van der Waals surface area contributed by atoms with Gasteiger partial charge in [-0.15, -0.1) is 0 Å². The number of rotatable bonds is 4. The highest BCUT2D eigenvalue weighted by molar-refractivity contribution is 5.78. The predicted octanol–water partition coefficient (Wildman–Crippen LogP) is 2.18. The van der Waals surface area contributed by atoms with Gasteiger partial charge in [0.2, 0.25) is 5.91 Å². The molecule has 1 amide bonds. The van der Waals surface area contributed by atoms with Gasteiger partial charge in [-0.3, -0.25) is 4.79 Å². The Morgan fingerprint density at radius 3 is 2.61 bits per heavy atom. The zero-order valence-corrected chi connectivity index (χ0v) is 10.9. The van der Waals surface area contributed by atoms with Crippen LogP contribution in [0.1, 0.15) is 32.6 Å². The maximum absolute atomic E-state index is 11.9. The molecular weight excluding hydrogens is 245 g/mol. The van der Waals surface area contributed by atoms with Gasteiger partial charge in [0, 0.05) is 13.1 Å². The maximum Gasteiger partial charge on any atom is 0.401 e. The van der Waals surface area contributed by atoms with Crippen LogP contribution < -0.4 is 5.32 Å². The molecule has 0 aromatic carbocycles. The van der Waals surface area contributed by atoms with Crippen molar-refractivity contribution in [3.8, 4) is 0 Å². The first kappa shape index (κ1) is 15.3. The van der Waals surface area contributed by atoms with Crippen molar-refractivity contribution < 1.29 is 18.0 Å². The lowest BCUT2D eigenvalue weighted by Gasteiger charge is -2.34. The molecule has 1 fully saturated rings. The molecule has 0 saturated heterocycles. The lowest BCUT2D eigenvalue weighted by Crippen LogP contribution is -2.45. The summed E-state index contributed by atoms with van der Waals surface area (Å²) in [6.45, 7) is 0.779. The number of hydrogen-bond donors (Lipinski definition) is 1. The van der Waals surface area contributed by atoms with E-state index in [4.69, 9.17) is 0 Å². The van der Waals surface area contributed by atoms with Crippen LogP contribution in [0, 0.1) is 5.92 Å². The molecular formula is C12H21F3N2O. The second-order valence-corrected chi connectivity index (χ2v) is 5.15. The summed E-state index contributed by atoms with van der Waals surface area (Å²) in [4.78, 5) is 13.3. The zero-order chi connectivity index (χ0) is 13.8. The van der Waals surface area contributed by atoms with Gasteiger partial charge in [0.05, 0.1) is 13.1 Å².